The first kappa shape index (κ1) is 12.3. The Balaban J connectivity index is 1.83. The molecule has 19 heavy (non-hydrogen) atoms. The van der Waals surface area contributed by atoms with Crippen LogP contribution >= 0.6 is 0 Å². The third-order valence-electron chi connectivity index (χ3n) is 4.26. The molecule has 1 amide bonds. The predicted molar refractivity (Wildman–Crippen MR) is 69.0 cm³/mol. The SMILES string of the molecule is O=C(O)C1CCCN1C(=O)c1cccn1C1CCC1. The van der Waals surface area contributed by atoms with E-state index in [-0.39, 0.29) is 5.91 Å². The third kappa shape index (κ3) is 2.03. The fourth-order valence-corrected chi connectivity index (χ4v) is 2.97. The standard InChI is InChI=1S/C14H18N2O3/c17-13(16-9-3-7-12(16)14(18)19)11-6-2-8-15(11)10-4-1-5-10/h2,6,8,10,12H,1,3-5,7,9H2,(H,18,19). The van der Waals surface area contributed by atoms with Crippen LogP contribution in [0.25, 0.3) is 0 Å². The van der Waals surface area contributed by atoms with Crippen LogP contribution in [-0.2, 0) is 4.79 Å². The minimum atomic E-state index is -0.896. The van der Waals surface area contributed by atoms with E-state index in [1.54, 1.807) is 6.07 Å². The van der Waals surface area contributed by atoms with Crippen molar-refractivity contribution >= 4 is 11.9 Å². The molecule has 3 rings (SSSR count). The van der Waals surface area contributed by atoms with Crippen molar-refractivity contribution in [3.8, 4) is 0 Å². The average Bonchev–Trinajstić information content (AvgIpc) is 2.93. The van der Waals surface area contributed by atoms with Gasteiger partial charge >= 0.3 is 5.97 Å². The Kier molecular flexibility index (Phi) is 3.05. The van der Waals surface area contributed by atoms with Gasteiger partial charge in [0.15, 0.2) is 0 Å². The van der Waals surface area contributed by atoms with Crippen LogP contribution < -0.4 is 0 Å². The number of carboxylic acids is 1. The number of amides is 1. The van der Waals surface area contributed by atoms with Gasteiger partial charge in [0.1, 0.15) is 11.7 Å². The van der Waals surface area contributed by atoms with Gasteiger partial charge in [-0.3, -0.25) is 4.79 Å². The molecule has 2 aliphatic rings. The van der Waals surface area contributed by atoms with Gasteiger partial charge in [0, 0.05) is 18.8 Å². The summed E-state index contributed by atoms with van der Waals surface area (Å²) in [5.74, 6) is -1.03. The topological polar surface area (TPSA) is 62.5 Å². The zero-order valence-corrected chi connectivity index (χ0v) is 10.8. The van der Waals surface area contributed by atoms with E-state index in [4.69, 9.17) is 5.11 Å². The number of aromatic nitrogens is 1. The number of rotatable bonds is 3. The first-order valence-electron chi connectivity index (χ1n) is 6.89. The van der Waals surface area contributed by atoms with Crippen LogP contribution in [0.15, 0.2) is 18.3 Å². The Bertz CT molecular complexity index is 505. The smallest absolute Gasteiger partial charge is 0.326 e. The molecule has 1 aromatic heterocycles. The highest BCUT2D eigenvalue weighted by atomic mass is 16.4. The van der Waals surface area contributed by atoms with Gasteiger partial charge in [-0.1, -0.05) is 0 Å². The molecule has 1 saturated heterocycles. The lowest BCUT2D eigenvalue weighted by molar-refractivity contribution is -0.141. The lowest BCUT2D eigenvalue weighted by atomic mass is 9.93. The number of aliphatic carboxylic acids is 1. The van der Waals surface area contributed by atoms with Crippen molar-refractivity contribution in [2.45, 2.75) is 44.2 Å². The second-order valence-corrected chi connectivity index (χ2v) is 5.38. The fraction of sp³-hybridized carbons (Fsp3) is 0.571. The van der Waals surface area contributed by atoms with Crippen molar-refractivity contribution in [2.75, 3.05) is 6.54 Å². The summed E-state index contributed by atoms with van der Waals surface area (Å²) in [6.45, 7) is 0.547. The van der Waals surface area contributed by atoms with Crippen molar-refractivity contribution < 1.29 is 14.7 Å². The van der Waals surface area contributed by atoms with Gasteiger partial charge < -0.3 is 14.6 Å². The van der Waals surface area contributed by atoms with Gasteiger partial charge in [0.05, 0.1) is 0 Å². The van der Waals surface area contributed by atoms with Crippen molar-refractivity contribution in [2.24, 2.45) is 0 Å². The molecule has 1 aliphatic heterocycles. The number of nitrogens with zero attached hydrogens (tertiary/aromatic N) is 2. The second kappa shape index (κ2) is 4.72. The molecule has 1 saturated carbocycles. The molecule has 102 valence electrons. The molecular weight excluding hydrogens is 244 g/mol. The zero-order chi connectivity index (χ0) is 13.4. The molecule has 0 bridgehead atoms. The number of carbonyl (C=O) groups is 2. The minimum absolute atomic E-state index is 0.137. The highest BCUT2D eigenvalue weighted by Gasteiger charge is 2.36. The predicted octanol–water partition coefficient (Wildman–Crippen LogP) is 1.90. The summed E-state index contributed by atoms with van der Waals surface area (Å²) in [6, 6.07) is 3.44. The average molecular weight is 262 g/mol. The van der Waals surface area contributed by atoms with E-state index >= 15 is 0 Å². The van der Waals surface area contributed by atoms with Crippen LogP contribution in [0.3, 0.4) is 0 Å². The minimum Gasteiger partial charge on any atom is -0.480 e. The quantitative estimate of drug-likeness (QED) is 0.905. The summed E-state index contributed by atoms with van der Waals surface area (Å²) in [4.78, 5) is 25.2. The second-order valence-electron chi connectivity index (χ2n) is 5.38. The molecular formula is C14H18N2O3. The van der Waals surface area contributed by atoms with Crippen LogP contribution in [0, 0.1) is 0 Å². The number of hydrogen-bond donors (Lipinski definition) is 1. The Labute approximate surface area is 111 Å². The van der Waals surface area contributed by atoms with Crippen molar-refractivity contribution in [3.63, 3.8) is 0 Å². The molecule has 0 radical (unpaired) electrons. The van der Waals surface area contributed by atoms with Crippen molar-refractivity contribution in [1.82, 2.24) is 9.47 Å². The fourth-order valence-electron chi connectivity index (χ4n) is 2.97. The van der Waals surface area contributed by atoms with Gasteiger partial charge in [-0.05, 0) is 44.2 Å². The maximum atomic E-state index is 12.5. The summed E-state index contributed by atoms with van der Waals surface area (Å²) in [6.07, 6.45) is 6.69. The van der Waals surface area contributed by atoms with Gasteiger partial charge in [0.2, 0.25) is 0 Å². The molecule has 1 unspecified atom stereocenters. The first-order chi connectivity index (χ1) is 9.18. The van der Waals surface area contributed by atoms with Crippen molar-refractivity contribution in [1.29, 1.82) is 0 Å². The molecule has 0 aromatic carbocycles. The van der Waals surface area contributed by atoms with Gasteiger partial charge in [-0.15, -0.1) is 0 Å². The molecule has 0 spiro atoms. The molecule has 2 fully saturated rings. The molecule has 1 aliphatic carbocycles. The molecule has 5 nitrogen and oxygen atoms in total. The van der Waals surface area contributed by atoms with E-state index in [0.29, 0.717) is 24.7 Å². The Morgan fingerprint density at radius 2 is 2.00 bits per heavy atom. The van der Waals surface area contributed by atoms with E-state index in [9.17, 15) is 9.59 Å². The highest BCUT2D eigenvalue weighted by Crippen LogP contribution is 2.33. The van der Waals surface area contributed by atoms with Crippen LogP contribution in [0.4, 0.5) is 0 Å². The van der Waals surface area contributed by atoms with Crippen LogP contribution in [0.2, 0.25) is 0 Å². The Morgan fingerprint density at radius 3 is 2.63 bits per heavy atom. The monoisotopic (exact) mass is 262 g/mol. The van der Waals surface area contributed by atoms with E-state index in [2.05, 4.69) is 0 Å². The van der Waals surface area contributed by atoms with Crippen LogP contribution in [0.5, 0.6) is 0 Å². The van der Waals surface area contributed by atoms with Gasteiger partial charge in [0.25, 0.3) is 5.91 Å². The first-order valence-corrected chi connectivity index (χ1v) is 6.89. The number of hydrogen-bond acceptors (Lipinski definition) is 2. The Morgan fingerprint density at radius 1 is 1.21 bits per heavy atom. The summed E-state index contributed by atoms with van der Waals surface area (Å²) in [7, 11) is 0. The van der Waals surface area contributed by atoms with Gasteiger partial charge in [-0.2, -0.15) is 0 Å². The van der Waals surface area contributed by atoms with Crippen molar-refractivity contribution in [3.05, 3.63) is 24.0 Å². The summed E-state index contributed by atoms with van der Waals surface area (Å²) >= 11 is 0. The lowest BCUT2D eigenvalue weighted by Gasteiger charge is -2.30. The van der Waals surface area contributed by atoms with E-state index in [0.717, 1.165) is 19.3 Å². The maximum absolute atomic E-state index is 12.5. The molecule has 1 atom stereocenters. The van der Waals surface area contributed by atoms with E-state index in [1.165, 1.54) is 11.3 Å². The zero-order valence-electron chi connectivity index (χ0n) is 10.8. The van der Waals surface area contributed by atoms with E-state index in [1.807, 2.05) is 16.8 Å². The van der Waals surface area contributed by atoms with Gasteiger partial charge in [-0.25, -0.2) is 4.79 Å². The van der Waals surface area contributed by atoms with E-state index < -0.39 is 12.0 Å². The molecule has 1 N–H and O–H groups in total. The van der Waals surface area contributed by atoms with Crippen LogP contribution in [0.1, 0.15) is 48.6 Å². The largest absolute Gasteiger partial charge is 0.480 e. The van der Waals surface area contributed by atoms with Crippen LogP contribution in [-0.4, -0.2) is 39.0 Å². The molecule has 1 aromatic rings. The summed E-state index contributed by atoms with van der Waals surface area (Å²) < 4.78 is 2.02. The third-order valence-corrected chi connectivity index (χ3v) is 4.26. The molecule has 2 heterocycles. The number of carboxylic acid groups (broad SMARTS) is 1. The lowest BCUT2D eigenvalue weighted by Crippen LogP contribution is -2.41. The number of likely N-dealkylation sites (tertiary alicyclic amines) is 1. The Hall–Kier alpha value is -1.78. The summed E-state index contributed by atoms with van der Waals surface area (Å²) in [5.41, 5.74) is 0.637. The number of carbonyl (C=O) groups excluding carboxylic acids is 1. The highest BCUT2D eigenvalue weighted by molar-refractivity contribution is 5.95. The molecule has 5 heteroatoms. The summed E-state index contributed by atoms with van der Waals surface area (Å²) in [5, 5.41) is 9.17. The maximum Gasteiger partial charge on any atom is 0.326 e. The normalized spacial score (nSPS) is 23.4.